The number of aliphatic hydroxyl groups is 1. The van der Waals surface area contributed by atoms with Gasteiger partial charge in [-0.05, 0) is 42.4 Å². The largest absolute Gasteiger partial charge is 0.493 e. The van der Waals surface area contributed by atoms with Crippen molar-refractivity contribution in [3.63, 3.8) is 0 Å². The lowest BCUT2D eigenvalue weighted by Crippen LogP contribution is -1.95. The molecule has 3 nitrogen and oxygen atoms in total. The lowest BCUT2D eigenvalue weighted by Gasteiger charge is -2.12. The molecule has 1 aromatic carbocycles. The van der Waals surface area contributed by atoms with Crippen LogP contribution in [0.4, 0.5) is 0 Å². The molecule has 17 heavy (non-hydrogen) atoms. The van der Waals surface area contributed by atoms with Gasteiger partial charge in [-0.2, -0.15) is 11.8 Å². The van der Waals surface area contributed by atoms with Crippen molar-refractivity contribution >= 4 is 11.8 Å². The van der Waals surface area contributed by atoms with Crippen molar-refractivity contribution in [3.05, 3.63) is 23.3 Å². The molecule has 0 aliphatic rings. The van der Waals surface area contributed by atoms with Crippen molar-refractivity contribution in [2.75, 3.05) is 26.6 Å². The van der Waals surface area contributed by atoms with Crippen LogP contribution >= 0.6 is 11.8 Å². The van der Waals surface area contributed by atoms with E-state index in [0.717, 1.165) is 29.4 Å². The molecule has 0 aliphatic carbocycles. The second-order valence-electron chi connectivity index (χ2n) is 3.76. The molecule has 1 N–H and O–H groups in total. The van der Waals surface area contributed by atoms with E-state index in [2.05, 4.69) is 6.92 Å². The Morgan fingerprint density at radius 2 is 1.82 bits per heavy atom. The standard InChI is InChI=1S/C13H20O3S/c1-10-7-12(15-2)13(16-3)8-11(10)9-17-6-4-5-14/h7-8,14H,4-6,9H2,1-3H3. The molecule has 0 heterocycles. The van der Waals surface area contributed by atoms with Gasteiger partial charge in [0.2, 0.25) is 0 Å². The molecule has 1 rings (SSSR count). The van der Waals surface area contributed by atoms with Gasteiger partial charge in [0.1, 0.15) is 0 Å². The molecule has 0 aliphatic heterocycles. The third kappa shape index (κ3) is 4.13. The molecule has 0 spiro atoms. The Morgan fingerprint density at radius 1 is 1.18 bits per heavy atom. The average molecular weight is 256 g/mol. The van der Waals surface area contributed by atoms with Crippen LogP contribution in [0, 0.1) is 6.92 Å². The van der Waals surface area contributed by atoms with Gasteiger partial charge in [0.15, 0.2) is 11.5 Å². The van der Waals surface area contributed by atoms with Crippen molar-refractivity contribution in [1.82, 2.24) is 0 Å². The highest BCUT2D eigenvalue weighted by atomic mass is 32.2. The molecule has 0 saturated heterocycles. The quantitative estimate of drug-likeness (QED) is 0.761. The Morgan fingerprint density at radius 3 is 2.41 bits per heavy atom. The van der Waals surface area contributed by atoms with Crippen LogP contribution in [0.2, 0.25) is 0 Å². The zero-order valence-corrected chi connectivity index (χ0v) is 11.5. The number of hydrogen-bond donors (Lipinski definition) is 1. The van der Waals surface area contributed by atoms with Crippen LogP contribution in [-0.4, -0.2) is 31.7 Å². The van der Waals surface area contributed by atoms with Crippen LogP contribution in [0.3, 0.4) is 0 Å². The molecule has 0 radical (unpaired) electrons. The fraction of sp³-hybridized carbons (Fsp3) is 0.538. The maximum atomic E-state index is 8.72. The smallest absolute Gasteiger partial charge is 0.161 e. The Bertz CT molecular complexity index is 353. The normalized spacial score (nSPS) is 10.4. The van der Waals surface area contributed by atoms with Crippen LogP contribution in [0.25, 0.3) is 0 Å². The highest BCUT2D eigenvalue weighted by molar-refractivity contribution is 7.98. The number of rotatable bonds is 7. The fourth-order valence-corrected chi connectivity index (χ4v) is 2.54. The van der Waals surface area contributed by atoms with Crippen LogP contribution in [0.5, 0.6) is 11.5 Å². The first-order valence-electron chi connectivity index (χ1n) is 5.63. The Kier molecular flexibility index (Phi) is 6.22. The van der Waals surface area contributed by atoms with Crippen molar-refractivity contribution in [1.29, 1.82) is 0 Å². The zero-order chi connectivity index (χ0) is 12.7. The van der Waals surface area contributed by atoms with E-state index in [1.807, 2.05) is 23.9 Å². The molecular formula is C13H20O3S. The molecule has 4 heteroatoms. The number of benzene rings is 1. The first-order chi connectivity index (χ1) is 8.22. The second kappa shape index (κ2) is 7.45. The van der Waals surface area contributed by atoms with Gasteiger partial charge < -0.3 is 14.6 Å². The molecule has 1 aromatic rings. The number of methoxy groups -OCH3 is 2. The van der Waals surface area contributed by atoms with E-state index < -0.39 is 0 Å². The Balaban J connectivity index is 2.71. The minimum atomic E-state index is 0.262. The van der Waals surface area contributed by atoms with Crippen LogP contribution in [0.15, 0.2) is 12.1 Å². The van der Waals surface area contributed by atoms with E-state index in [0.29, 0.717) is 0 Å². The van der Waals surface area contributed by atoms with Crippen LogP contribution < -0.4 is 9.47 Å². The van der Waals surface area contributed by atoms with E-state index in [-0.39, 0.29) is 6.61 Å². The molecule has 0 amide bonds. The number of aryl methyl sites for hydroxylation is 1. The molecule has 0 unspecified atom stereocenters. The van der Waals surface area contributed by atoms with Crippen molar-refractivity contribution in [2.45, 2.75) is 19.1 Å². The van der Waals surface area contributed by atoms with Crippen LogP contribution in [-0.2, 0) is 5.75 Å². The van der Waals surface area contributed by atoms with E-state index >= 15 is 0 Å². The van der Waals surface area contributed by atoms with Gasteiger partial charge in [0.05, 0.1) is 14.2 Å². The molecular weight excluding hydrogens is 236 g/mol. The summed E-state index contributed by atoms with van der Waals surface area (Å²) in [6, 6.07) is 4.03. The van der Waals surface area contributed by atoms with Gasteiger partial charge in [-0.3, -0.25) is 0 Å². The lowest BCUT2D eigenvalue weighted by molar-refractivity contribution is 0.296. The highest BCUT2D eigenvalue weighted by Crippen LogP contribution is 2.31. The molecule has 0 saturated carbocycles. The zero-order valence-electron chi connectivity index (χ0n) is 10.7. The summed E-state index contributed by atoms with van der Waals surface area (Å²) in [4.78, 5) is 0. The monoisotopic (exact) mass is 256 g/mol. The minimum Gasteiger partial charge on any atom is -0.493 e. The number of aliphatic hydroxyl groups excluding tert-OH is 1. The van der Waals surface area contributed by atoms with E-state index in [1.54, 1.807) is 14.2 Å². The number of thioether (sulfide) groups is 1. The maximum Gasteiger partial charge on any atom is 0.161 e. The highest BCUT2D eigenvalue weighted by Gasteiger charge is 2.08. The van der Waals surface area contributed by atoms with Crippen LogP contribution in [0.1, 0.15) is 17.5 Å². The molecule has 96 valence electrons. The van der Waals surface area contributed by atoms with Crippen molar-refractivity contribution in [3.8, 4) is 11.5 Å². The van der Waals surface area contributed by atoms with Gasteiger partial charge >= 0.3 is 0 Å². The SMILES string of the molecule is COc1cc(C)c(CSCCCO)cc1OC. The summed E-state index contributed by atoms with van der Waals surface area (Å²) in [5, 5.41) is 8.72. The summed E-state index contributed by atoms with van der Waals surface area (Å²) < 4.78 is 10.5. The third-order valence-electron chi connectivity index (χ3n) is 2.55. The lowest BCUT2D eigenvalue weighted by atomic mass is 10.1. The first-order valence-corrected chi connectivity index (χ1v) is 6.78. The average Bonchev–Trinajstić information content (AvgIpc) is 2.35. The number of hydrogen-bond acceptors (Lipinski definition) is 4. The van der Waals surface area contributed by atoms with Gasteiger partial charge in [-0.25, -0.2) is 0 Å². The van der Waals surface area contributed by atoms with Gasteiger partial charge in [-0.1, -0.05) is 0 Å². The summed E-state index contributed by atoms with van der Waals surface area (Å²) in [5.41, 5.74) is 2.46. The summed E-state index contributed by atoms with van der Waals surface area (Å²) in [5.74, 6) is 3.46. The van der Waals surface area contributed by atoms with Crippen molar-refractivity contribution in [2.24, 2.45) is 0 Å². The Hall–Kier alpha value is -0.870. The van der Waals surface area contributed by atoms with E-state index in [4.69, 9.17) is 14.6 Å². The maximum absolute atomic E-state index is 8.72. The Labute approximate surface area is 107 Å². The number of ether oxygens (including phenoxy) is 2. The second-order valence-corrected chi connectivity index (χ2v) is 4.87. The summed E-state index contributed by atoms with van der Waals surface area (Å²) in [6.45, 7) is 2.34. The molecule has 0 atom stereocenters. The van der Waals surface area contributed by atoms with Gasteiger partial charge in [0.25, 0.3) is 0 Å². The first kappa shape index (κ1) is 14.2. The predicted octanol–water partition coefficient (Wildman–Crippen LogP) is 2.63. The van der Waals surface area contributed by atoms with E-state index in [1.165, 1.54) is 11.1 Å². The summed E-state index contributed by atoms with van der Waals surface area (Å²) in [7, 11) is 3.29. The summed E-state index contributed by atoms with van der Waals surface area (Å²) in [6.07, 6.45) is 0.844. The molecule has 0 bridgehead atoms. The molecule has 0 fully saturated rings. The van der Waals surface area contributed by atoms with Gasteiger partial charge in [-0.15, -0.1) is 0 Å². The topological polar surface area (TPSA) is 38.7 Å². The van der Waals surface area contributed by atoms with Gasteiger partial charge in [0, 0.05) is 12.4 Å². The predicted molar refractivity (Wildman–Crippen MR) is 72.1 cm³/mol. The minimum absolute atomic E-state index is 0.262. The van der Waals surface area contributed by atoms with E-state index in [9.17, 15) is 0 Å². The summed E-state index contributed by atoms with van der Waals surface area (Å²) >= 11 is 1.82. The third-order valence-corrected chi connectivity index (χ3v) is 3.64. The fourth-order valence-electron chi connectivity index (χ4n) is 1.53. The molecule has 0 aromatic heterocycles. The van der Waals surface area contributed by atoms with Crippen molar-refractivity contribution < 1.29 is 14.6 Å².